The van der Waals surface area contributed by atoms with Gasteiger partial charge in [0.15, 0.2) is 0 Å². The molecule has 9 heteroatoms. The van der Waals surface area contributed by atoms with E-state index in [0.717, 1.165) is 16.2 Å². The van der Waals surface area contributed by atoms with Crippen molar-refractivity contribution < 1.29 is 19.1 Å². The number of carbonyl (C=O) groups is 3. The van der Waals surface area contributed by atoms with Crippen LogP contribution in [0, 0.1) is 6.92 Å². The third kappa shape index (κ3) is 4.37. The van der Waals surface area contributed by atoms with E-state index < -0.39 is 11.9 Å². The summed E-state index contributed by atoms with van der Waals surface area (Å²) in [4.78, 5) is 44.4. The topological polar surface area (TPSA) is 97.4 Å². The fourth-order valence-electron chi connectivity index (χ4n) is 3.46. The number of amides is 2. The van der Waals surface area contributed by atoms with E-state index in [1.165, 1.54) is 18.4 Å². The molecule has 2 N–H and O–H groups in total. The molecule has 0 spiro atoms. The van der Waals surface area contributed by atoms with Crippen LogP contribution >= 0.6 is 22.7 Å². The number of thiophene rings is 2. The predicted octanol–water partition coefficient (Wildman–Crippen LogP) is 5.12. The molecule has 0 aliphatic heterocycles. The van der Waals surface area contributed by atoms with Crippen molar-refractivity contribution in [1.29, 1.82) is 0 Å². The normalized spacial score (nSPS) is 10.8. The molecular formula is C24H21N3O4S2. The van der Waals surface area contributed by atoms with Gasteiger partial charge in [0.2, 0.25) is 0 Å². The van der Waals surface area contributed by atoms with Gasteiger partial charge in [-0.05, 0) is 43.0 Å². The molecule has 4 aromatic rings. The molecule has 0 bridgehead atoms. The summed E-state index contributed by atoms with van der Waals surface area (Å²) in [6, 6.07) is 13.0. The van der Waals surface area contributed by atoms with Gasteiger partial charge in [-0.3, -0.25) is 9.59 Å². The Labute approximate surface area is 198 Å². The van der Waals surface area contributed by atoms with Gasteiger partial charge in [-0.1, -0.05) is 24.3 Å². The van der Waals surface area contributed by atoms with E-state index in [2.05, 4.69) is 10.6 Å². The lowest BCUT2D eigenvalue weighted by atomic mass is 10.1. The van der Waals surface area contributed by atoms with Crippen molar-refractivity contribution in [3.8, 4) is 10.6 Å². The summed E-state index contributed by atoms with van der Waals surface area (Å²) in [7, 11) is 1.51. The second-order valence-electron chi connectivity index (χ2n) is 7.06. The molecule has 168 valence electrons. The number of carbonyl (C=O) groups excluding carboxylic acids is 3. The molecule has 0 radical (unpaired) electrons. The molecule has 0 aliphatic rings. The number of esters is 1. The van der Waals surface area contributed by atoms with E-state index in [9.17, 15) is 14.4 Å². The second kappa shape index (κ2) is 9.51. The maximum absolute atomic E-state index is 13.5. The van der Waals surface area contributed by atoms with Crippen molar-refractivity contribution in [3.05, 3.63) is 69.4 Å². The summed E-state index contributed by atoms with van der Waals surface area (Å²) in [5, 5.41) is 8.32. The third-order valence-corrected chi connectivity index (χ3v) is 7.12. The number of rotatable bonds is 6. The minimum Gasteiger partial charge on any atom is -0.462 e. The number of hydrogen-bond donors (Lipinski definition) is 2. The Bertz CT molecular complexity index is 1360. The Balaban J connectivity index is 1.80. The predicted molar refractivity (Wildman–Crippen MR) is 131 cm³/mol. The van der Waals surface area contributed by atoms with Crippen LogP contribution in [-0.4, -0.2) is 36.4 Å². The number of ether oxygens (including phenoxy) is 1. The van der Waals surface area contributed by atoms with Crippen LogP contribution in [0.2, 0.25) is 0 Å². The number of fused-ring (bicyclic) bond motifs is 1. The monoisotopic (exact) mass is 479 g/mol. The number of hydrogen-bond acceptors (Lipinski definition) is 7. The first kappa shape index (κ1) is 22.6. The number of pyridine rings is 1. The lowest BCUT2D eigenvalue weighted by Gasteiger charge is -2.10. The van der Waals surface area contributed by atoms with E-state index in [-0.39, 0.29) is 23.1 Å². The van der Waals surface area contributed by atoms with Crippen molar-refractivity contribution in [2.75, 3.05) is 19.0 Å². The Hall–Kier alpha value is -3.56. The molecule has 33 heavy (non-hydrogen) atoms. The third-order valence-electron chi connectivity index (χ3n) is 5.02. The van der Waals surface area contributed by atoms with E-state index in [0.29, 0.717) is 32.6 Å². The Kier molecular flexibility index (Phi) is 6.52. The molecular weight excluding hydrogens is 458 g/mol. The number of para-hydroxylation sites is 1. The first-order valence-corrected chi connectivity index (χ1v) is 11.9. The van der Waals surface area contributed by atoms with Crippen LogP contribution in [0.4, 0.5) is 5.00 Å². The first-order valence-electron chi connectivity index (χ1n) is 10.2. The van der Waals surface area contributed by atoms with Crippen LogP contribution in [0.1, 0.15) is 42.9 Å². The molecule has 4 rings (SSSR count). The van der Waals surface area contributed by atoms with Gasteiger partial charge in [0.25, 0.3) is 11.8 Å². The zero-order chi connectivity index (χ0) is 23.5. The Morgan fingerprint density at radius 1 is 1.09 bits per heavy atom. The van der Waals surface area contributed by atoms with Gasteiger partial charge in [-0.2, -0.15) is 0 Å². The highest BCUT2D eigenvalue weighted by atomic mass is 32.1. The van der Waals surface area contributed by atoms with Crippen LogP contribution in [0.3, 0.4) is 0 Å². The van der Waals surface area contributed by atoms with Crippen LogP contribution in [0.15, 0.2) is 47.8 Å². The fourth-order valence-corrected chi connectivity index (χ4v) is 5.29. The van der Waals surface area contributed by atoms with Gasteiger partial charge < -0.3 is 15.4 Å². The molecule has 0 saturated heterocycles. The number of benzene rings is 1. The maximum atomic E-state index is 13.5. The molecule has 3 aromatic heterocycles. The number of nitrogens with one attached hydrogen (secondary N) is 2. The van der Waals surface area contributed by atoms with Gasteiger partial charge in [0.1, 0.15) is 5.00 Å². The van der Waals surface area contributed by atoms with Crippen molar-refractivity contribution in [2.45, 2.75) is 13.8 Å². The second-order valence-corrected chi connectivity index (χ2v) is 9.03. The van der Waals surface area contributed by atoms with Crippen molar-refractivity contribution in [2.24, 2.45) is 0 Å². The van der Waals surface area contributed by atoms with E-state index in [1.54, 1.807) is 19.9 Å². The van der Waals surface area contributed by atoms with Gasteiger partial charge >= 0.3 is 5.97 Å². The van der Waals surface area contributed by atoms with Crippen LogP contribution in [0.25, 0.3) is 21.5 Å². The Morgan fingerprint density at radius 3 is 2.58 bits per heavy atom. The smallest absolute Gasteiger partial charge is 0.341 e. The Morgan fingerprint density at radius 2 is 1.88 bits per heavy atom. The zero-order valence-corrected chi connectivity index (χ0v) is 19.9. The average molecular weight is 480 g/mol. The summed E-state index contributed by atoms with van der Waals surface area (Å²) >= 11 is 2.58. The summed E-state index contributed by atoms with van der Waals surface area (Å²) in [6.45, 7) is 3.54. The molecule has 2 amide bonds. The minimum atomic E-state index is -0.587. The van der Waals surface area contributed by atoms with Gasteiger partial charge in [-0.25, -0.2) is 9.78 Å². The summed E-state index contributed by atoms with van der Waals surface area (Å²) in [6.07, 6.45) is 0. The highest BCUT2D eigenvalue weighted by molar-refractivity contribution is 7.18. The number of nitrogens with zero attached hydrogens (tertiary/aromatic N) is 1. The SMILES string of the molecule is CCOC(=O)c1c(NC(=O)c2cc(-c3cccs3)nc3ccccc23)sc(C(=O)NC)c1C. The highest BCUT2D eigenvalue weighted by Gasteiger charge is 2.27. The lowest BCUT2D eigenvalue weighted by Crippen LogP contribution is -2.18. The standard InChI is InChI=1S/C24H21N3O4S2/c1-4-31-24(30)19-13(2)20(22(29)25-3)33-23(19)27-21(28)15-12-17(18-10-7-11-32-18)26-16-9-6-5-8-14(15)16/h5-12H,4H2,1-3H3,(H,25,29)(H,27,28). The fraction of sp³-hybridized carbons (Fsp3) is 0.167. The summed E-state index contributed by atoms with van der Waals surface area (Å²) < 4.78 is 5.18. The molecule has 1 aromatic carbocycles. The molecule has 0 aliphatic carbocycles. The summed E-state index contributed by atoms with van der Waals surface area (Å²) in [5.74, 6) is -1.32. The molecule has 0 saturated carbocycles. The lowest BCUT2D eigenvalue weighted by molar-refractivity contribution is 0.0527. The molecule has 7 nitrogen and oxygen atoms in total. The minimum absolute atomic E-state index is 0.177. The number of anilines is 1. The van der Waals surface area contributed by atoms with Gasteiger partial charge in [0, 0.05) is 12.4 Å². The summed E-state index contributed by atoms with van der Waals surface area (Å²) in [5.41, 5.74) is 2.45. The van der Waals surface area contributed by atoms with E-state index >= 15 is 0 Å². The molecule has 0 atom stereocenters. The quantitative estimate of drug-likeness (QED) is 0.374. The van der Waals surface area contributed by atoms with Gasteiger partial charge in [-0.15, -0.1) is 22.7 Å². The molecule has 3 heterocycles. The van der Waals surface area contributed by atoms with Crippen molar-refractivity contribution in [1.82, 2.24) is 10.3 Å². The van der Waals surface area contributed by atoms with Crippen molar-refractivity contribution >= 4 is 56.4 Å². The highest BCUT2D eigenvalue weighted by Crippen LogP contribution is 2.35. The van der Waals surface area contributed by atoms with Crippen LogP contribution < -0.4 is 10.6 Å². The first-order chi connectivity index (χ1) is 15.9. The van der Waals surface area contributed by atoms with Crippen LogP contribution in [0.5, 0.6) is 0 Å². The van der Waals surface area contributed by atoms with E-state index in [1.807, 2.05) is 41.8 Å². The molecule has 0 unspecified atom stereocenters. The van der Waals surface area contributed by atoms with Crippen LogP contribution in [-0.2, 0) is 4.74 Å². The van der Waals surface area contributed by atoms with Gasteiger partial charge in [0.05, 0.1) is 38.7 Å². The largest absolute Gasteiger partial charge is 0.462 e. The number of aromatic nitrogens is 1. The van der Waals surface area contributed by atoms with Crippen molar-refractivity contribution in [3.63, 3.8) is 0 Å². The average Bonchev–Trinajstić information content (AvgIpc) is 3.46. The van der Waals surface area contributed by atoms with E-state index in [4.69, 9.17) is 9.72 Å². The molecule has 0 fully saturated rings. The maximum Gasteiger partial charge on any atom is 0.341 e. The zero-order valence-electron chi connectivity index (χ0n) is 18.2.